The Morgan fingerprint density at radius 1 is 0.969 bits per heavy atom. The topological polar surface area (TPSA) is 41.6 Å². The quantitative estimate of drug-likeness (QED) is 0.427. The van der Waals surface area contributed by atoms with E-state index in [1.165, 1.54) is 0 Å². The van der Waals surface area contributed by atoms with Gasteiger partial charge in [-0.05, 0) is 60.9 Å². The summed E-state index contributed by atoms with van der Waals surface area (Å²) in [4.78, 5) is 14.8. The summed E-state index contributed by atoms with van der Waals surface area (Å²) in [5.41, 5.74) is 2.04. The number of rotatable bonds is 6. The number of piperidine rings is 1. The summed E-state index contributed by atoms with van der Waals surface area (Å²) >= 11 is 18.7. The van der Waals surface area contributed by atoms with Gasteiger partial charge in [-0.25, -0.2) is 0 Å². The summed E-state index contributed by atoms with van der Waals surface area (Å²) in [6, 6.07) is 22.7. The first-order chi connectivity index (χ1) is 15.5. The van der Waals surface area contributed by atoms with E-state index in [9.17, 15) is 4.79 Å². The molecule has 1 heterocycles. The van der Waals surface area contributed by atoms with Gasteiger partial charge in [0.1, 0.15) is 5.75 Å². The first-order valence-electron chi connectivity index (χ1n) is 10.4. The second-order valence-corrected chi connectivity index (χ2v) is 9.03. The Labute approximate surface area is 203 Å². The number of hydrogen-bond donors (Lipinski definition) is 1. The Hall–Kier alpha value is -2.40. The zero-order valence-corrected chi connectivity index (χ0v) is 19.6. The van der Waals surface area contributed by atoms with Crippen molar-refractivity contribution in [1.82, 2.24) is 5.32 Å². The molecule has 0 bridgehead atoms. The number of amides is 1. The van der Waals surface area contributed by atoms with E-state index in [-0.39, 0.29) is 24.6 Å². The molecular formula is C25H23Cl3N2O2. The summed E-state index contributed by atoms with van der Waals surface area (Å²) in [6.45, 7) is 0.720. The fraction of sp³-hybridized carbons (Fsp3) is 0.240. The number of hydrogen-bond acceptors (Lipinski definition) is 3. The van der Waals surface area contributed by atoms with Crippen LogP contribution in [0.5, 0.6) is 5.75 Å². The highest BCUT2D eigenvalue weighted by atomic mass is 35.5. The predicted octanol–water partition coefficient (Wildman–Crippen LogP) is 6.55. The number of halogens is 3. The van der Waals surface area contributed by atoms with Gasteiger partial charge in [0.15, 0.2) is 6.61 Å². The first kappa shape index (κ1) is 22.8. The molecule has 7 heteroatoms. The molecule has 1 fully saturated rings. The Kier molecular flexibility index (Phi) is 7.46. The molecule has 1 aliphatic rings. The van der Waals surface area contributed by atoms with Gasteiger partial charge in [-0.3, -0.25) is 4.79 Å². The van der Waals surface area contributed by atoms with E-state index in [0.29, 0.717) is 20.8 Å². The van der Waals surface area contributed by atoms with Crippen LogP contribution in [0.15, 0.2) is 72.8 Å². The van der Waals surface area contributed by atoms with E-state index >= 15 is 0 Å². The first-order valence-corrected chi connectivity index (χ1v) is 11.6. The van der Waals surface area contributed by atoms with Gasteiger partial charge >= 0.3 is 0 Å². The van der Waals surface area contributed by atoms with E-state index in [4.69, 9.17) is 39.5 Å². The number of para-hydroxylation sites is 1. The van der Waals surface area contributed by atoms with Gasteiger partial charge in [0.05, 0.1) is 16.8 Å². The number of ether oxygens (including phenoxy) is 1. The van der Waals surface area contributed by atoms with Crippen LogP contribution < -0.4 is 15.0 Å². The minimum Gasteiger partial charge on any atom is -0.484 e. The van der Waals surface area contributed by atoms with Crippen LogP contribution in [0, 0.1) is 0 Å². The lowest BCUT2D eigenvalue weighted by molar-refractivity contribution is -0.124. The molecule has 4 rings (SSSR count). The van der Waals surface area contributed by atoms with Crippen molar-refractivity contribution in [3.63, 3.8) is 0 Å². The summed E-state index contributed by atoms with van der Waals surface area (Å²) in [5, 5.41) is 5.02. The fourth-order valence-corrected chi connectivity index (χ4v) is 4.68. The molecule has 4 nitrogen and oxygen atoms in total. The van der Waals surface area contributed by atoms with E-state index in [1.54, 1.807) is 6.07 Å². The third-order valence-corrected chi connectivity index (χ3v) is 6.34. The van der Waals surface area contributed by atoms with Crippen LogP contribution in [-0.2, 0) is 4.79 Å². The molecule has 0 radical (unpaired) electrons. The second kappa shape index (κ2) is 10.5. The van der Waals surface area contributed by atoms with Gasteiger partial charge in [0.2, 0.25) is 0 Å². The maximum atomic E-state index is 12.5. The minimum absolute atomic E-state index is 0.0150. The Bertz CT molecular complexity index is 1060. The maximum absolute atomic E-state index is 12.5. The molecule has 1 aliphatic heterocycles. The van der Waals surface area contributed by atoms with Crippen LogP contribution in [0.3, 0.4) is 0 Å². The number of anilines is 1. The number of carbonyl (C=O) groups is 1. The van der Waals surface area contributed by atoms with Crippen LogP contribution in [0.25, 0.3) is 0 Å². The number of nitrogens with zero attached hydrogens (tertiary/aromatic N) is 1. The Morgan fingerprint density at radius 2 is 1.69 bits per heavy atom. The van der Waals surface area contributed by atoms with Gasteiger partial charge in [-0.15, -0.1) is 0 Å². The van der Waals surface area contributed by atoms with Crippen molar-refractivity contribution in [1.29, 1.82) is 0 Å². The third kappa shape index (κ3) is 5.69. The van der Waals surface area contributed by atoms with Gasteiger partial charge < -0.3 is 15.0 Å². The molecule has 0 aliphatic carbocycles. The molecule has 166 valence electrons. The highest BCUT2D eigenvalue weighted by Crippen LogP contribution is 2.39. The molecule has 1 saturated heterocycles. The van der Waals surface area contributed by atoms with Crippen molar-refractivity contribution < 1.29 is 9.53 Å². The number of nitrogens with one attached hydrogen (secondary N) is 1. The lowest BCUT2D eigenvalue weighted by Crippen LogP contribution is -2.47. The average molecular weight is 490 g/mol. The monoisotopic (exact) mass is 488 g/mol. The van der Waals surface area contributed by atoms with Crippen molar-refractivity contribution in [2.45, 2.75) is 24.9 Å². The van der Waals surface area contributed by atoms with E-state index in [0.717, 1.165) is 30.6 Å². The highest BCUT2D eigenvalue weighted by molar-refractivity contribution is 6.36. The van der Waals surface area contributed by atoms with Crippen LogP contribution >= 0.6 is 34.8 Å². The molecule has 0 spiro atoms. The zero-order valence-electron chi connectivity index (χ0n) is 17.3. The molecule has 1 amide bonds. The minimum atomic E-state index is -0.133. The Morgan fingerprint density at radius 3 is 2.41 bits per heavy atom. The predicted molar refractivity (Wildman–Crippen MR) is 131 cm³/mol. The van der Waals surface area contributed by atoms with Crippen molar-refractivity contribution in [2.24, 2.45) is 0 Å². The van der Waals surface area contributed by atoms with Crippen molar-refractivity contribution in [2.75, 3.05) is 18.1 Å². The second-order valence-electron chi connectivity index (χ2n) is 7.75. The van der Waals surface area contributed by atoms with Crippen LogP contribution in [0.2, 0.25) is 15.1 Å². The molecule has 32 heavy (non-hydrogen) atoms. The van der Waals surface area contributed by atoms with E-state index in [2.05, 4.69) is 10.2 Å². The largest absolute Gasteiger partial charge is 0.484 e. The van der Waals surface area contributed by atoms with Gasteiger partial charge in [-0.1, -0.05) is 65.1 Å². The van der Waals surface area contributed by atoms with Crippen LogP contribution in [-0.4, -0.2) is 25.1 Å². The summed E-state index contributed by atoms with van der Waals surface area (Å²) < 4.78 is 5.58. The molecule has 1 unspecified atom stereocenters. The summed E-state index contributed by atoms with van der Waals surface area (Å²) in [5.74, 6) is 0.542. The van der Waals surface area contributed by atoms with Crippen molar-refractivity contribution in [3.05, 3.63) is 93.4 Å². The standard InChI is InChI=1S/C25H23Cl3N2O2/c26-18-8-6-17(7-9-18)24-15-20(29-25(31)16-32-21-4-2-1-3-5-21)12-13-30(24)23-11-10-19(27)14-22(23)28/h1-11,14,20,24H,12-13,15-16H2,(H,29,31)/t20?,24-/m0/s1. The molecule has 3 aromatic carbocycles. The molecule has 1 N–H and O–H groups in total. The number of benzene rings is 3. The van der Waals surface area contributed by atoms with Gasteiger partial charge in [0.25, 0.3) is 5.91 Å². The maximum Gasteiger partial charge on any atom is 0.258 e. The number of carbonyl (C=O) groups excluding carboxylic acids is 1. The molecule has 0 saturated carbocycles. The molecular weight excluding hydrogens is 467 g/mol. The van der Waals surface area contributed by atoms with E-state index < -0.39 is 0 Å². The van der Waals surface area contributed by atoms with Crippen molar-refractivity contribution >= 4 is 46.4 Å². The molecule has 2 atom stereocenters. The van der Waals surface area contributed by atoms with Gasteiger partial charge in [0, 0.05) is 22.6 Å². The smallest absolute Gasteiger partial charge is 0.258 e. The SMILES string of the molecule is O=C(COc1ccccc1)NC1CCN(c2ccc(Cl)cc2Cl)[C@H](c2ccc(Cl)cc2)C1. The van der Waals surface area contributed by atoms with Crippen LogP contribution in [0.4, 0.5) is 5.69 Å². The van der Waals surface area contributed by atoms with Crippen LogP contribution in [0.1, 0.15) is 24.4 Å². The van der Waals surface area contributed by atoms with Gasteiger partial charge in [-0.2, -0.15) is 0 Å². The lowest BCUT2D eigenvalue weighted by atomic mass is 9.91. The fourth-order valence-electron chi connectivity index (χ4n) is 4.03. The summed E-state index contributed by atoms with van der Waals surface area (Å²) in [6.07, 6.45) is 1.53. The summed E-state index contributed by atoms with van der Waals surface area (Å²) in [7, 11) is 0. The molecule has 0 aromatic heterocycles. The lowest BCUT2D eigenvalue weighted by Gasteiger charge is -2.42. The van der Waals surface area contributed by atoms with Crippen molar-refractivity contribution in [3.8, 4) is 5.75 Å². The van der Waals surface area contributed by atoms with E-state index in [1.807, 2.05) is 66.7 Å². The zero-order chi connectivity index (χ0) is 22.5. The Balaban J connectivity index is 1.48. The normalized spacial score (nSPS) is 18.3. The average Bonchev–Trinajstić information content (AvgIpc) is 2.79. The highest BCUT2D eigenvalue weighted by Gasteiger charge is 2.31. The molecule has 3 aromatic rings. The third-order valence-electron chi connectivity index (χ3n) is 5.55.